The van der Waals surface area contributed by atoms with Gasteiger partial charge in [0, 0.05) is 24.3 Å². The van der Waals surface area contributed by atoms with E-state index in [0.29, 0.717) is 24.5 Å². The van der Waals surface area contributed by atoms with Gasteiger partial charge in [-0.25, -0.2) is 4.68 Å². The molecule has 0 fully saturated rings. The molecule has 0 saturated carbocycles. The quantitative estimate of drug-likeness (QED) is 0.325. The summed E-state index contributed by atoms with van der Waals surface area (Å²) < 4.78 is 49.2. The number of halogens is 3. The molecule has 0 unspecified atom stereocenters. The van der Waals surface area contributed by atoms with Crippen molar-refractivity contribution < 1.29 is 27.5 Å². The molecule has 4 N–H and O–H groups in total. The molecule has 4 aromatic rings. The first-order valence-corrected chi connectivity index (χ1v) is 12.0. The third-order valence-electron chi connectivity index (χ3n) is 6.54. The van der Waals surface area contributed by atoms with Crippen LogP contribution in [0.25, 0.3) is 11.3 Å². The van der Waals surface area contributed by atoms with Gasteiger partial charge in [0.15, 0.2) is 0 Å². The van der Waals surface area contributed by atoms with Crippen LogP contribution in [0.1, 0.15) is 37.4 Å². The number of hydrogen-bond donors (Lipinski definition) is 3. The minimum atomic E-state index is -4.73. The number of anilines is 2. The van der Waals surface area contributed by atoms with Gasteiger partial charge in [-0.15, -0.1) is 0 Å². The van der Waals surface area contributed by atoms with Gasteiger partial charge in [-0.05, 0) is 41.8 Å². The second-order valence-corrected chi connectivity index (χ2v) is 8.94. The smallest absolute Gasteiger partial charge is 0.416 e. The highest BCUT2D eigenvalue weighted by molar-refractivity contribution is 6.04. The Labute approximate surface area is 221 Å². The maximum atomic E-state index is 14.2. The highest BCUT2D eigenvalue weighted by Crippen LogP contribution is 2.38. The van der Waals surface area contributed by atoms with Gasteiger partial charge < -0.3 is 21.1 Å². The zero-order valence-electron chi connectivity index (χ0n) is 20.8. The number of nitrogens with two attached hydrogens (primary N) is 1. The van der Waals surface area contributed by atoms with Gasteiger partial charge in [-0.2, -0.15) is 18.3 Å². The van der Waals surface area contributed by atoms with E-state index in [1.807, 2.05) is 24.3 Å². The van der Waals surface area contributed by atoms with Gasteiger partial charge in [0.1, 0.15) is 22.8 Å². The molecule has 5 rings (SSSR count). The molecule has 1 aliphatic heterocycles. The van der Waals surface area contributed by atoms with Crippen LogP contribution in [0.5, 0.6) is 5.75 Å². The Morgan fingerprint density at radius 2 is 1.85 bits per heavy atom. The van der Waals surface area contributed by atoms with Crippen molar-refractivity contribution in [3.05, 3.63) is 94.5 Å². The van der Waals surface area contributed by atoms with Gasteiger partial charge >= 0.3 is 6.18 Å². The summed E-state index contributed by atoms with van der Waals surface area (Å²) in [5.74, 6) is -0.773. The number of amides is 2. The fraction of sp³-hybridized carbons (Fsp3) is 0.179. The van der Waals surface area contributed by atoms with E-state index in [9.17, 15) is 22.8 Å². The molecule has 39 heavy (non-hydrogen) atoms. The Kier molecular flexibility index (Phi) is 6.73. The highest BCUT2D eigenvalue weighted by Gasteiger charge is 2.35. The lowest BCUT2D eigenvalue weighted by molar-refractivity contribution is -0.138. The SMILES string of the molecule is COc1ccccc1C(=O)NCc1ccc(-c2nn3c(c2C(N)=O)Nc2ccccc2CC3)cc1C(F)(F)F. The fourth-order valence-corrected chi connectivity index (χ4v) is 4.65. The molecule has 1 aliphatic rings. The number of nitrogens with zero attached hydrogens (tertiary/aromatic N) is 2. The Bertz CT molecular complexity index is 1580. The summed E-state index contributed by atoms with van der Waals surface area (Å²) in [6.45, 7) is 0.0194. The molecular weight excluding hydrogens is 511 g/mol. The molecule has 0 aliphatic carbocycles. The average Bonchev–Trinajstić information content (AvgIpc) is 3.18. The van der Waals surface area contributed by atoms with Gasteiger partial charge in [0.25, 0.3) is 11.8 Å². The van der Waals surface area contributed by atoms with Crippen molar-refractivity contribution in [2.24, 2.45) is 5.73 Å². The number of rotatable bonds is 6. The second-order valence-electron chi connectivity index (χ2n) is 8.94. The molecule has 0 bridgehead atoms. The minimum absolute atomic E-state index is 0.00273. The van der Waals surface area contributed by atoms with Crippen LogP contribution in [0, 0.1) is 0 Å². The maximum Gasteiger partial charge on any atom is 0.416 e. The second kappa shape index (κ2) is 10.2. The summed E-state index contributed by atoms with van der Waals surface area (Å²) in [6.07, 6.45) is -4.13. The van der Waals surface area contributed by atoms with Crippen LogP contribution in [-0.2, 0) is 25.7 Å². The zero-order valence-corrected chi connectivity index (χ0v) is 20.8. The zero-order chi connectivity index (χ0) is 27.7. The molecule has 2 heterocycles. The monoisotopic (exact) mass is 535 g/mol. The third-order valence-corrected chi connectivity index (χ3v) is 6.54. The van der Waals surface area contributed by atoms with Crippen molar-refractivity contribution >= 4 is 23.3 Å². The first kappa shape index (κ1) is 25.8. The van der Waals surface area contributed by atoms with E-state index < -0.39 is 23.6 Å². The van der Waals surface area contributed by atoms with E-state index in [1.54, 1.807) is 22.9 Å². The number of nitrogens with one attached hydrogen (secondary N) is 2. The van der Waals surface area contributed by atoms with E-state index in [-0.39, 0.29) is 34.5 Å². The first-order valence-electron chi connectivity index (χ1n) is 12.0. The topological polar surface area (TPSA) is 111 Å². The summed E-state index contributed by atoms with van der Waals surface area (Å²) >= 11 is 0. The van der Waals surface area contributed by atoms with Crippen LogP contribution >= 0.6 is 0 Å². The van der Waals surface area contributed by atoms with E-state index in [4.69, 9.17) is 10.5 Å². The maximum absolute atomic E-state index is 14.2. The van der Waals surface area contributed by atoms with Gasteiger partial charge in [0.05, 0.1) is 18.2 Å². The normalized spacial score (nSPS) is 12.5. The summed E-state index contributed by atoms with van der Waals surface area (Å²) in [5.41, 5.74) is 6.67. The van der Waals surface area contributed by atoms with Crippen molar-refractivity contribution in [2.45, 2.75) is 25.7 Å². The summed E-state index contributed by atoms with van der Waals surface area (Å²) in [6, 6.07) is 17.6. The molecular formula is C28H24F3N5O3. The Morgan fingerprint density at radius 3 is 2.59 bits per heavy atom. The predicted molar refractivity (Wildman–Crippen MR) is 139 cm³/mol. The minimum Gasteiger partial charge on any atom is -0.496 e. The van der Waals surface area contributed by atoms with Crippen molar-refractivity contribution in [3.63, 3.8) is 0 Å². The van der Waals surface area contributed by atoms with Gasteiger partial charge in [0.2, 0.25) is 0 Å². The molecule has 11 heteroatoms. The number of methoxy groups -OCH3 is 1. The number of primary amides is 1. The third kappa shape index (κ3) is 5.02. The molecule has 2 amide bonds. The Hall–Kier alpha value is -4.80. The van der Waals surface area contributed by atoms with Crippen LogP contribution < -0.4 is 21.1 Å². The number of benzene rings is 3. The fourth-order valence-electron chi connectivity index (χ4n) is 4.65. The van der Waals surface area contributed by atoms with Crippen molar-refractivity contribution in [2.75, 3.05) is 12.4 Å². The number of carbonyl (C=O) groups is 2. The first-order chi connectivity index (χ1) is 18.7. The number of fused-ring (bicyclic) bond motifs is 2. The molecule has 0 saturated heterocycles. The lowest BCUT2D eigenvalue weighted by atomic mass is 9.99. The van der Waals surface area contributed by atoms with Crippen LogP contribution in [0.3, 0.4) is 0 Å². The molecule has 0 spiro atoms. The number of hydrogen-bond acceptors (Lipinski definition) is 5. The summed E-state index contributed by atoms with van der Waals surface area (Å²) in [4.78, 5) is 25.2. The molecule has 3 aromatic carbocycles. The van der Waals surface area contributed by atoms with Crippen molar-refractivity contribution in [1.82, 2.24) is 15.1 Å². The van der Waals surface area contributed by atoms with Crippen LogP contribution in [0.4, 0.5) is 24.7 Å². The number of para-hydroxylation sites is 2. The molecule has 0 radical (unpaired) electrons. The largest absolute Gasteiger partial charge is 0.496 e. The molecule has 1 aromatic heterocycles. The van der Waals surface area contributed by atoms with Crippen LogP contribution in [-0.4, -0.2) is 28.7 Å². The van der Waals surface area contributed by atoms with E-state index >= 15 is 0 Å². The van der Waals surface area contributed by atoms with Gasteiger partial charge in [-0.3, -0.25) is 9.59 Å². The Balaban J connectivity index is 1.50. The van der Waals surface area contributed by atoms with E-state index in [1.165, 1.54) is 25.3 Å². The summed E-state index contributed by atoms with van der Waals surface area (Å²) in [5, 5.41) is 10.2. The Morgan fingerprint density at radius 1 is 1.10 bits per heavy atom. The number of ether oxygens (including phenoxy) is 1. The van der Waals surface area contributed by atoms with Crippen LogP contribution in [0.2, 0.25) is 0 Å². The number of alkyl halides is 3. The average molecular weight is 536 g/mol. The van der Waals surface area contributed by atoms with E-state index in [2.05, 4.69) is 15.7 Å². The molecule has 8 nitrogen and oxygen atoms in total. The lowest BCUT2D eigenvalue weighted by Gasteiger charge is -2.16. The molecule has 0 atom stereocenters. The van der Waals surface area contributed by atoms with Crippen molar-refractivity contribution in [3.8, 4) is 17.0 Å². The predicted octanol–water partition coefficient (Wildman–Crippen LogP) is 4.91. The van der Waals surface area contributed by atoms with Gasteiger partial charge in [-0.1, -0.05) is 42.5 Å². The standard InChI is InChI=1S/C28H24F3N5O3/c1-39-22-9-5-3-7-19(22)27(38)33-15-18-11-10-17(14-20(18)28(29,30)31)24-23(25(32)37)26-34-21-8-4-2-6-16(21)12-13-36(26)35-24/h2-11,14,34H,12-13,15H2,1H3,(H2,32,37)(H,33,38). The van der Waals surface area contributed by atoms with Crippen LogP contribution in [0.15, 0.2) is 66.7 Å². The number of aryl methyl sites for hydroxylation is 2. The lowest BCUT2D eigenvalue weighted by Crippen LogP contribution is -2.25. The number of carbonyl (C=O) groups excluding carboxylic acids is 2. The van der Waals surface area contributed by atoms with Crippen molar-refractivity contribution in [1.29, 1.82) is 0 Å². The molecule has 200 valence electrons. The van der Waals surface area contributed by atoms with E-state index in [0.717, 1.165) is 17.3 Å². The highest BCUT2D eigenvalue weighted by atomic mass is 19.4. The number of aromatic nitrogens is 2. The summed E-state index contributed by atoms with van der Waals surface area (Å²) in [7, 11) is 1.40.